The molecule has 9 heteroatoms. The molecule has 1 aliphatic carbocycles. The summed E-state index contributed by atoms with van der Waals surface area (Å²) < 4.78 is 6.56. The molecule has 1 aliphatic rings. The van der Waals surface area contributed by atoms with Crippen LogP contribution >= 0.6 is 0 Å². The lowest BCUT2D eigenvalue weighted by molar-refractivity contribution is -0.146. The summed E-state index contributed by atoms with van der Waals surface area (Å²) in [5.41, 5.74) is 1.38. The van der Waals surface area contributed by atoms with Crippen LogP contribution in [-0.2, 0) is 10.3 Å². The molecule has 0 bridgehead atoms. The predicted octanol–water partition coefficient (Wildman–Crippen LogP) is 2.68. The fourth-order valence-electron chi connectivity index (χ4n) is 2.87. The molecular weight excluding hydrogens is 350 g/mol. The van der Waals surface area contributed by atoms with E-state index in [2.05, 4.69) is 20.6 Å². The first-order valence-corrected chi connectivity index (χ1v) is 8.64. The number of fused-ring (bicyclic) bond motifs is 1. The summed E-state index contributed by atoms with van der Waals surface area (Å²) in [6.45, 7) is 4.82. The second-order valence-corrected chi connectivity index (χ2v) is 7.31. The number of aliphatic carboxylic acids is 1. The molecular formula is C18H19N5O4. The number of carbonyl (C=O) groups is 2. The zero-order valence-corrected chi connectivity index (χ0v) is 15.2. The van der Waals surface area contributed by atoms with Crippen LogP contribution < -0.4 is 5.32 Å². The van der Waals surface area contributed by atoms with Crippen molar-refractivity contribution in [2.45, 2.75) is 45.1 Å². The molecule has 1 fully saturated rings. The zero-order valence-electron chi connectivity index (χ0n) is 15.2. The van der Waals surface area contributed by atoms with Gasteiger partial charge in [0.05, 0.1) is 28.5 Å². The van der Waals surface area contributed by atoms with Gasteiger partial charge in [0.25, 0.3) is 11.6 Å². The predicted molar refractivity (Wildman–Crippen MR) is 95.7 cm³/mol. The van der Waals surface area contributed by atoms with E-state index in [4.69, 9.17) is 4.52 Å². The number of nitrogens with zero attached hydrogens (tertiary/aromatic N) is 4. The minimum atomic E-state index is -1.23. The van der Waals surface area contributed by atoms with Crippen LogP contribution in [-0.4, -0.2) is 36.9 Å². The fraction of sp³-hybridized carbons (Fsp3) is 0.389. The largest absolute Gasteiger partial charge is 0.479 e. The highest BCUT2D eigenvalue weighted by Crippen LogP contribution is 2.40. The number of hydrogen-bond donors (Lipinski definition) is 2. The Kier molecular flexibility index (Phi) is 3.76. The molecule has 3 heterocycles. The Morgan fingerprint density at radius 3 is 2.78 bits per heavy atom. The molecule has 0 aromatic carbocycles. The Labute approximate surface area is 154 Å². The first kappa shape index (κ1) is 17.2. The van der Waals surface area contributed by atoms with Gasteiger partial charge in [0.1, 0.15) is 0 Å². The van der Waals surface area contributed by atoms with Crippen molar-refractivity contribution in [3.63, 3.8) is 0 Å². The molecule has 0 unspecified atom stereocenters. The molecule has 4 rings (SSSR count). The number of pyridine rings is 1. The van der Waals surface area contributed by atoms with E-state index < -0.39 is 11.5 Å². The van der Waals surface area contributed by atoms with E-state index >= 15 is 0 Å². The lowest BCUT2D eigenvalue weighted by Gasteiger charge is -2.19. The van der Waals surface area contributed by atoms with Crippen LogP contribution in [0.15, 0.2) is 23.0 Å². The first-order valence-electron chi connectivity index (χ1n) is 8.64. The second kappa shape index (κ2) is 5.90. The minimum Gasteiger partial charge on any atom is -0.479 e. The third-order valence-corrected chi connectivity index (χ3v) is 4.81. The molecule has 3 aromatic heterocycles. The van der Waals surface area contributed by atoms with Gasteiger partial charge in [0.2, 0.25) is 0 Å². The highest BCUT2D eigenvalue weighted by molar-refractivity contribution is 6.12. The maximum Gasteiger partial charge on any atom is 0.331 e. The van der Waals surface area contributed by atoms with Crippen LogP contribution in [0.25, 0.3) is 11.1 Å². The Balaban J connectivity index is 1.67. The maximum atomic E-state index is 12.9. The lowest BCUT2D eigenvalue weighted by Crippen LogP contribution is -2.35. The summed E-state index contributed by atoms with van der Waals surface area (Å²) >= 11 is 0. The average Bonchev–Trinajstić information content (AvgIpc) is 3.26. The van der Waals surface area contributed by atoms with Gasteiger partial charge in [0, 0.05) is 17.8 Å². The lowest BCUT2D eigenvalue weighted by atomic mass is 10.1. The van der Waals surface area contributed by atoms with Crippen molar-refractivity contribution in [2.24, 2.45) is 0 Å². The summed E-state index contributed by atoms with van der Waals surface area (Å²) in [7, 11) is 0. The van der Waals surface area contributed by atoms with Crippen molar-refractivity contribution in [1.29, 1.82) is 0 Å². The number of anilines is 1. The molecule has 1 saturated carbocycles. The zero-order chi connectivity index (χ0) is 19.3. The molecule has 0 radical (unpaired) electrons. The summed E-state index contributed by atoms with van der Waals surface area (Å²) in [6, 6.07) is 1.78. The van der Waals surface area contributed by atoms with Crippen LogP contribution in [0.2, 0.25) is 0 Å². The highest BCUT2D eigenvalue weighted by atomic mass is 16.5. The number of aromatic nitrogens is 4. The molecule has 0 aliphatic heterocycles. The molecule has 1 amide bonds. The van der Waals surface area contributed by atoms with Crippen molar-refractivity contribution in [1.82, 2.24) is 19.9 Å². The molecule has 0 spiro atoms. The Morgan fingerprint density at radius 1 is 1.37 bits per heavy atom. The Hall–Kier alpha value is -3.23. The van der Waals surface area contributed by atoms with Gasteiger partial charge >= 0.3 is 5.97 Å². The molecule has 0 saturated heterocycles. The SMILES string of the molecule is Cc1noc2nc(C3CC3)cc(C(=O)Nc3cnn(C(C)(C)C(=O)O)c3)c12. The van der Waals surface area contributed by atoms with E-state index in [-0.39, 0.29) is 5.91 Å². The summed E-state index contributed by atoms with van der Waals surface area (Å²) in [5.74, 6) is -1.01. The monoisotopic (exact) mass is 369 g/mol. The number of carboxylic acids is 1. The second-order valence-electron chi connectivity index (χ2n) is 7.31. The first-order chi connectivity index (χ1) is 12.8. The van der Waals surface area contributed by atoms with E-state index in [1.54, 1.807) is 13.0 Å². The van der Waals surface area contributed by atoms with Gasteiger partial charge in [-0.3, -0.25) is 9.48 Å². The molecule has 2 N–H and O–H groups in total. The smallest absolute Gasteiger partial charge is 0.331 e. The van der Waals surface area contributed by atoms with Crippen molar-refractivity contribution in [3.8, 4) is 0 Å². The summed E-state index contributed by atoms with van der Waals surface area (Å²) in [4.78, 5) is 28.7. The van der Waals surface area contributed by atoms with Crippen LogP contribution in [0, 0.1) is 6.92 Å². The van der Waals surface area contributed by atoms with Gasteiger partial charge in [-0.25, -0.2) is 9.78 Å². The molecule has 140 valence electrons. The summed E-state index contributed by atoms with van der Waals surface area (Å²) in [6.07, 6.45) is 5.00. The summed E-state index contributed by atoms with van der Waals surface area (Å²) in [5, 5.41) is 20.6. The van der Waals surface area contributed by atoms with Crippen molar-refractivity contribution in [2.75, 3.05) is 5.32 Å². The van der Waals surface area contributed by atoms with Gasteiger partial charge in [0.15, 0.2) is 5.54 Å². The number of carboxylic acid groups (broad SMARTS) is 1. The van der Waals surface area contributed by atoms with Crippen LogP contribution in [0.4, 0.5) is 5.69 Å². The topological polar surface area (TPSA) is 123 Å². The van der Waals surface area contributed by atoms with Gasteiger partial charge in [-0.1, -0.05) is 5.16 Å². The van der Waals surface area contributed by atoms with Gasteiger partial charge in [-0.2, -0.15) is 5.10 Å². The van der Waals surface area contributed by atoms with Crippen LogP contribution in [0.3, 0.4) is 0 Å². The number of hydrogen-bond acceptors (Lipinski definition) is 6. The Bertz CT molecular complexity index is 1060. The molecule has 27 heavy (non-hydrogen) atoms. The standard InChI is InChI=1S/C18H19N5O4/c1-9-14-12(6-13(10-4-5-10)21-16(14)27-22-9)15(24)20-11-7-19-23(8-11)18(2,3)17(25)26/h6-8,10H,4-5H2,1-3H3,(H,20,24)(H,25,26). The number of carbonyl (C=O) groups excluding carboxylic acids is 1. The fourth-order valence-corrected chi connectivity index (χ4v) is 2.87. The number of aryl methyl sites for hydroxylation is 1. The van der Waals surface area contributed by atoms with E-state index in [1.165, 1.54) is 30.9 Å². The maximum absolute atomic E-state index is 12.9. The van der Waals surface area contributed by atoms with Crippen molar-refractivity contribution in [3.05, 3.63) is 35.4 Å². The van der Waals surface area contributed by atoms with Crippen molar-refractivity contribution < 1.29 is 19.2 Å². The van der Waals surface area contributed by atoms with Gasteiger partial charge in [-0.05, 0) is 39.7 Å². The molecule has 0 atom stereocenters. The Morgan fingerprint density at radius 2 is 2.11 bits per heavy atom. The van der Waals surface area contributed by atoms with Gasteiger partial charge in [-0.15, -0.1) is 0 Å². The number of rotatable bonds is 5. The van der Waals surface area contributed by atoms with Crippen LogP contribution in [0.5, 0.6) is 0 Å². The van der Waals surface area contributed by atoms with Gasteiger partial charge < -0.3 is 14.9 Å². The highest BCUT2D eigenvalue weighted by Gasteiger charge is 2.31. The van der Waals surface area contributed by atoms with Crippen molar-refractivity contribution >= 4 is 28.7 Å². The normalized spacial score (nSPS) is 14.5. The van der Waals surface area contributed by atoms with Crippen LogP contribution in [0.1, 0.15) is 54.4 Å². The third-order valence-electron chi connectivity index (χ3n) is 4.81. The van der Waals surface area contributed by atoms with E-state index in [0.29, 0.717) is 34.0 Å². The number of nitrogens with one attached hydrogen (secondary N) is 1. The minimum absolute atomic E-state index is 0.344. The van der Waals surface area contributed by atoms with E-state index in [1.807, 2.05) is 0 Å². The molecule has 3 aromatic rings. The third kappa shape index (κ3) is 2.94. The van der Waals surface area contributed by atoms with E-state index in [0.717, 1.165) is 18.5 Å². The molecule has 9 nitrogen and oxygen atoms in total. The number of amides is 1. The average molecular weight is 369 g/mol. The van der Waals surface area contributed by atoms with E-state index in [9.17, 15) is 14.7 Å². The quantitative estimate of drug-likeness (QED) is 0.708.